The Kier molecular flexibility index (Phi) is 5.10. The molecular weight excluding hydrogens is 417 g/mol. The smallest absolute Gasteiger partial charge is 0.0277 e. The monoisotopic (exact) mass is 432 g/mol. The van der Waals surface area contributed by atoms with Crippen molar-refractivity contribution in [1.82, 2.24) is 0 Å². The first-order valence-corrected chi connectivity index (χ1v) is 12.2. The minimum absolute atomic E-state index is 1.28. The Hall–Kier alpha value is -2.24. The molecule has 0 saturated heterocycles. The zero-order chi connectivity index (χ0) is 18.8. The van der Waals surface area contributed by atoms with Crippen LogP contribution in [0.25, 0.3) is 48.6 Å². The first-order valence-electron chi connectivity index (χ1n) is 8.92. The average molecular weight is 433 g/mol. The van der Waals surface area contributed by atoms with Crippen LogP contribution in [-0.2, 0) is 0 Å². The van der Waals surface area contributed by atoms with Crippen LogP contribution in [0.1, 0.15) is 39.0 Å². The zero-order valence-electron chi connectivity index (χ0n) is 14.9. The zero-order valence-corrected chi connectivity index (χ0v) is 18.1. The van der Waals surface area contributed by atoms with Crippen LogP contribution in [0.3, 0.4) is 0 Å². The fourth-order valence-corrected chi connectivity index (χ4v) is 6.11. The van der Waals surface area contributed by atoms with E-state index in [1.165, 1.54) is 39.0 Å². The molecular formula is C24H16S4. The summed E-state index contributed by atoms with van der Waals surface area (Å²) >= 11 is 7.27. The number of fused-ring (bicyclic) bond motifs is 8. The molecule has 0 radical (unpaired) electrons. The summed E-state index contributed by atoms with van der Waals surface area (Å²) in [5, 5.41) is 0. The van der Waals surface area contributed by atoms with Crippen molar-refractivity contribution < 1.29 is 0 Å². The van der Waals surface area contributed by atoms with Gasteiger partial charge < -0.3 is 0 Å². The minimum Gasteiger partial charge on any atom is -0.137 e. The molecule has 28 heavy (non-hydrogen) atoms. The third-order valence-corrected chi connectivity index (χ3v) is 8.30. The van der Waals surface area contributed by atoms with Crippen molar-refractivity contribution in [3.8, 4) is 0 Å². The van der Waals surface area contributed by atoms with Crippen molar-refractivity contribution in [2.24, 2.45) is 0 Å². The van der Waals surface area contributed by atoms with Gasteiger partial charge in [-0.2, -0.15) is 0 Å². The van der Waals surface area contributed by atoms with Gasteiger partial charge in [0.15, 0.2) is 0 Å². The Balaban J connectivity index is 1.52. The van der Waals surface area contributed by atoms with E-state index in [1.807, 2.05) is 45.3 Å². The van der Waals surface area contributed by atoms with Crippen LogP contribution < -0.4 is 0 Å². The molecule has 0 spiro atoms. The van der Waals surface area contributed by atoms with Crippen molar-refractivity contribution in [3.63, 3.8) is 0 Å². The van der Waals surface area contributed by atoms with Crippen LogP contribution in [0.5, 0.6) is 0 Å². The molecule has 0 aromatic carbocycles. The van der Waals surface area contributed by atoms with E-state index in [-0.39, 0.29) is 0 Å². The van der Waals surface area contributed by atoms with Crippen LogP contribution in [0.2, 0.25) is 0 Å². The van der Waals surface area contributed by atoms with E-state index < -0.39 is 0 Å². The molecule has 0 amide bonds. The summed E-state index contributed by atoms with van der Waals surface area (Å²) in [6.45, 7) is 0. The number of thiophene rings is 4. The van der Waals surface area contributed by atoms with E-state index in [1.54, 1.807) is 0 Å². The van der Waals surface area contributed by atoms with E-state index in [4.69, 9.17) is 0 Å². The van der Waals surface area contributed by atoms with Crippen molar-refractivity contribution >= 4 is 94.0 Å². The summed E-state index contributed by atoms with van der Waals surface area (Å²) in [5.74, 6) is 0. The Morgan fingerprint density at radius 3 is 0.536 bits per heavy atom. The van der Waals surface area contributed by atoms with Gasteiger partial charge in [-0.1, -0.05) is 0 Å². The topological polar surface area (TPSA) is 0 Å². The van der Waals surface area contributed by atoms with Gasteiger partial charge in [-0.05, 0) is 97.1 Å². The fraction of sp³-hybridized carbons (Fsp3) is 0. The van der Waals surface area contributed by atoms with Crippen LogP contribution >= 0.6 is 45.3 Å². The van der Waals surface area contributed by atoms with Gasteiger partial charge in [0, 0.05) is 39.0 Å². The van der Waals surface area contributed by atoms with Crippen LogP contribution in [0.4, 0.5) is 0 Å². The van der Waals surface area contributed by atoms with Crippen molar-refractivity contribution in [2.45, 2.75) is 0 Å². The summed E-state index contributed by atoms with van der Waals surface area (Å²) in [4.78, 5) is 10.2. The Morgan fingerprint density at radius 2 is 0.393 bits per heavy atom. The predicted molar refractivity (Wildman–Crippen MR) is 133 cm³/mol. The third-order valence-electron chi connectivity index (χ3n) is 4.24. The molecule has 4 aromatic heterocycles. The van der Waals surface area contributed by atoms with Crippen LogP contribution in [0.15, 0.2) is 48.5 Å². The van der Waals surface area contributed by atoms with E-state index >= 15 is 0 Å². The summed E-state index contributed by atoms with van der Waals surface area (Å²) in [6.07, 6.45) is 17.7. The summed E-state index contributed by atoms with van der Waals surface area (Å²) in [7, 11) is 0. The SMILES string of the molecule is C1=C\c2ccc(s2)/C=C\c2ccc(s2)/C=C\c2ccc(s2)/C=C\c2ccc/1s2. The summed E-state index contributed by atoms with van der Waals surface area (Å²) in [5.41, 5.74) is 0. The lowest BCUT2D eigenvalue weighted by atomic mass is 10.3. The number of hydrogen-bond acceptors (Lipinski definition) is 4. The van der Waals surface area contributed by atoms with E-state index in [9.17, 15) is 0 Å². The van der Waals surface area contributed by atoms with Gasteiger partial charge in [-0.15, -0.1) is 45.3 Å². The van der Waals surface area contributed by atoms with Gasteiger partial charge >= 0.3 is 0 Å². The van der Waals surface area contributed by atoms with Gasteiger partial charge in [0.05, 0.1) is 0 Å². The Bertz CT molecular complexity index is 942. The molecule has 0 atom stereocenters. The fourth-order valence-electron chi connectivity index (χ4n) is 2.85. The van der Waals surface area contributed by atoms with E-state index in [2.05, 4.69) is 97.1 Å². The molecule has 8 bridgehead atoms. The average Bonchev–Trinajstić information content (AvgIpc) is 3.49. The van der Waals surface area contributed by atoms with Gasteiger partial charge in [-0.25, -0.2) is 0 Å². The first kappa shape index (κ1) is 17.8. The maximum absolute atomic E-state index is 2.21. The Morgan fingerprint density at radius 1 is 0.250 bits per heavy atom. The number of hydrogen-bond donors (Lipinski definition) is 0. The van der Waals surface area contributed by atoms with E-state index in [0.717, 1.165) is 0 Å². The minimum atomic E-state index is 1.28. The lowest BCUT2D eigenvalue weighted by molar-refractivity contribution is 1.89. The molecule has 5 rings (SSSR count). The van der Waals surface area contributed by atoms with Crippen molar-refractivity contribution in [3.05, 3.63) is 87.5 Å². The first-order chi connectivity index (χ1) is 13.8. The van der Waals surface area contributed by atoms with Crippen molar-refractivity contribution in [2.75, 3.05) is 0 Å². The Labute approximate surface area is 180 Å². The molecule has 5 heterocycles. The lowest BCUT2D eigenvalue weighted by Gasteiger charge is -1.88. The molecule has 136 valence electrons. The molecule has 4 heteroatoms. The molecule has 0 N–H and O–H groups in total. The second-order valence-electron chi connectivity index (χ2n) is 6.29. The highest BCUT2D eigenvalue weighted by Crippen LogP contribution is 2.28. The highest BCUT2D eigenvalue weighted by atomic mass is 32.1. The molecule has 0 saturated carbocycles. The predicted octanol–water partition coefficient (Wildman–Crippen LogP) is 8.93. The largest absolute Gasteiger partial charge is 0.137 e. The maximum atomic E-state index is 2.21. The van der Waals surface area contributed by atoms with Crippen LogP contribution in [-0.4, -0.2) is 0 Å². The van der Waals surface area contributed by atoms with Crippen LogP contribution in [0, 0.1) is 0 Å². The molecule has 0 nitrogen and oxygen atoms in total. The standard InChI is InChI=1S/C24H16S4/c1-2-18-11-12-20-5-6-22(27-20)15-16-24-8-7-23(28-24)14-13-21-4-3-19(26-21)10-9-17(1)25-18/h1-16H/b10-9-,12-11-,14-13-,16-15-,17-9?,18-11?,19-10?,20-12?,21-13?,22-15?,23-14?,24-16?. The van der Waals surface area contributed by atoms with Gasteiger partial charge in [-0.3, -0.25) is 0 Å². The third kappa shape index (κ3) is 4.26. The molecule has 4 aromatic rings. The normalized spacial score (nSPS) is 17.7. The summed E-state index contributed by atoms with van der Waals surface area (Å²) < 4.78 is 0. The molecule has 0 unspecified atom stereocenters. The van der Waals surface area contributed by atoms with Gasteiger partial charge in [0.25, 0.3) is 0 Å². The molecule has 1 aliphatic rings. The summed E-state index contributed by atoms with van der Waals surface area (Å²) in [6, 6.07) is 17.5. The molecule has 1 aliphatic heterocycles. The van der Waals surface area contributed by atoms with Gasteiger partial charge in [0.1, 0.15) is 0 Å². The second kappa shape index (κ2) is 8.02. The maximum Gasteiger partial charge on any atom is 0.0277 e. The molecule has 0 aliphatic carbocycles. The molecule has 0 fully saturated rings. The van der Waals surface area contributed by atoms with E-state index in [0.29, 0.717) is 0 Å². The highest BCUT2D eigenvalue weighted by Gasteiger charge is 2.00. The number of rotatable bonds is 0. The van der Waals surface area contributed by atoms with Crippen molar-refractivity contribution in [1.29, 1.82) is 0 Å². The quantitative estimate of drug-likeness (QED) is 0.229. The highest BCUT2D eigenvalue weighted by molar-refractivity contribution is 7.16. The van der Waals surface area contributed by atoms with Gasteiger partial charge in [0.2, 0.25) is 0 Å². The second-order valence-corrected chi connectivity index (χ2v) is 10.9. The lowest BCUT2D eigenvalue weighted by Crippen LogP contribution is -1.59.